The predicted molar refractivity (Wildman–Crippen MR) is 48.4 cm³/mol. The molecule has 2 heterocycles. The zero-order valence-electron chi connectivity index (χ0n) is 7.66. The summed E-state index contributed by atoms with van der Waals surface area (Å²) in [4.78, 5) is 15.0. The molecule has 1 aliphatic rings. The number of aromatic nitrogens is 2. The summed E-state index contributed by atoms with van der Waals surface area (Å²) >= 11 is 0. The van der Waals surface area contributed by atoms with E-state index < -0.39 is 5.91 Å². The maximum atomic E-state index is 11.0. The van der Waals surface area contributed by atoms with Crippen molar-refractivity contribution in [2.45, 2.75) is 25.8 Å². The highest BCUT2D eigenvalue weighted by Crippen LogP contribution is 2.19. The van der Waals surface area contributed by atoms with Crippen LogP contribution in [0.3, 0.4) is 0 Å². The maximum absolute atomic E-state index is 11.0. The lowest BCUT2D eigenvalue weighted by Crippen LogP contribution is -2.21. The van der Waals surface area contributed by atoms with E-state index in [-0.39, 0.29) is 5.82 Å². The van der Waals surface area contributed by atoms with Crippen molar-refractivity contribution in [2.75, 3.05) is 0 Å². The number of hydrogen-bond donors (Lipinski definition) is 1. The number of carbonyl (C=O) groups excluding carboxylic acids is 1. The summed E-state index contributed by atoms with van der Waals surface area (Å²) in [6, 6.07) is 1.99. The number of rotatable bonds is 1. The molecule has 0 unspecified atom stereocenters. The summed E-state index contributed by atoms with van der Waals surface area (Å²) in [5, 5.41) is 8.81. The van der Waals surface area contributed by atoms with Crippen LogP contribution in [0.5, 0.6) is 0 Å². The predicted octanol–water partition coefficient (Wildman–Crippen LogP) is 0.190. The van der Waals surface area contributed by atoms with Gasteiger partial charge in [0.25, 0.3) is 5.91 Å². The van der Waals surface area contributed by atoms with Gasteiger partial charge in [0.15, 0.2) is 11.5 Å². The topological polar surface area (TPSA) is 84.7 Å². The highest BCUT2D eigenvalue weighted by Gasteiger charge is 2.22. The number of fused-ring (bicyclic) bond motifs is 1. The molecule has 0 spiro atoms. The second kappa shape index (κ2) is 3.14. The number of nitriles is 1. The Kier molecular flexibility index (Phi) is 1.97. The third-order valence-electron chi connectivity index (χ3n) is 2.44. The lowest BCUT2D eigenvalue weighted by molar-refractivity contribution is 0.0985. The van der Waals surface area contributed by atoms with E-state index >= 15 is 0 Å². The average Bonchev–Trinajstić information content (AvgIpc) is 2.56. The summed E-state index contributed by atoms with van der Waals surface area (Å²) in [7, 11) is 0. The van der Waals surface area contributed by atoms with Crippen molar-refractivity contribution < 1.29 is 4.79 Å². The Balaban J connectivity index is 2.59. The molecule has 1 aromatic heterocycles. The molecule has 0 saturated carbocycles. The summed E-state index contributed by atoms with van der Waals surface area (Å²) in [5.41, 5.74) is 6.37. The van der Waals surface area contributed by atoms with Crippen LogP contribution in [-0.4, -0.2) is 15.5 Å². The van der Waals surface area contributed by atoms with Crippen LogP contribution < -0.4 is 5.73 Å². The van der Waals surface area contributed by atoms with Crippen LogP contribution in [0.4, 0.5) is 0 Å². The van der Waals surface area contributed by atoms with Crippen molar-refractivity contribution in [3.05, 3.63) is 17.2 Å². The lowest BCUT2D eigenvalue weighted by Gasteiger charge is -2.15. The summed E-state index contributed by atoms with van der Waals surface area (Å²) in [6.07, 6.45) is 2.86. The third kappa shape index (κ3) is 1.16. The minimum atomic E-state index is -0.561. The average molecular weight is 190 g/mol. The highest BCUT2D eigenvalue weighted by molar-refractivity contribution is 5.89. The lowest BCUT2D eigenvalue weighted by atomic mass is 10.1. The zero-order chi connectivity index (χ0) is 10.1. The van der Waals surface area contributed by atoms with Gasteiger partial charge in [0.1, 0.15) is 6.07 Å². The number of primary amides is 1. The van der Waals surface area contributed by atoms with E-state index in [1.54, 1.807) is 4.57 Å². The maximum Gasteiger partial charge on any atom is 0.284 e. The standard InChI is InChI=1S/C9H10N4O/c10-5-6-7-3-1-2-4-13(7)9(12-6)8(11)14/h1-4H2,(H2,11,14). The van der Waals surface area contributed by atoms with E-state index in [1.165, 1.54) is 0 Å². The number of nitrogens with two attached hydrogens (primary N) is 1. The fourth-order valence-electron chi connectivity index (χ4n) is 1.82. The van der Waals surface area contributed by atoms with Gasteiger partial charge in [-0.05, 0) is 19.3 Å². The molecule has 72 valence electrons. The molecule has 0 atom stereocenters. The van der Waals surface area contributed by atoms with Gasteiger partial charge in [0.05, 0.1) is 5.69 Å². The van der Waals surface area contributed by atoms with Gasteiger partial charge in [-0.1, -0.05) is 0 Å². The van der Waals surface area contributed by atoms with Crippen LogP contribution in [0.15, 0.2) is 0 Å². The van der Waals surface area contributed by atoms with Crippen molar-refractivity contribution in [3.8, 4) is 6.07 Å². The van der Waals surface area contributed by atoms with E-state index in [0.29, 0.717) is 5.69 Å². The second-order valence-electron chi connectivity index (χ2n) is 3.32. The molecule has 0 saturated heterocycles. The first kappa shape index (κ1) is 8.75. The van der Waals surface area contributed by atoms with Crippen molar-refractivity contribution in [1.29, 1.82) is 5.26 Å². The van der Waals surface area contributed by atoms with Gasteiger partial charge in [-0.2, -0.15) is 5.26 Å². The van der Waals surface area contributed by atoms with Crippen molar-refractivity contribution in [2.24, 2.45) is 5.73 Å². The third-order valence-corrected chi connectivity index (χ3v) is 2.44. The van der Waals surface area contributed by atoms with Gasteiger partial charge in [0, 0.05) is 6.54 Å². The largest absolute Gasteiger partial charge is 0.363 e. The molecule has 1 aromatic rings. The first-order chi connectivity index (χ1) is 6.74. The van der Waals surface area contributed by atoms with Gasteiger partial charge < -0.3 is 10.3 Å². The zero-order valence-corrected chi connectivity index (χ0v) is 7.66. The smallest absolute Gasteiger partial charge is 0.284 e. The molecule has 1 amide bonds. The Morgan fingerprint density at radius 1 is 1.57 bits per heavy atom. The van der Waals surface area contributed by atoms with Crippen molar-refractivity contribution >= 4 is 5.91 Å². The van der Waals surface area contributed by atoms with Crippen LogP contribution in [-0.2, 0) is 13.0 Å². The molecule has 5 heteroatoms. The normalized spacial score (nSPS) is 14.5. The van der Waals surface area contributed by atoms with Gasteiger partial charge in [0.2, 0.25) is 0 Å². The van der Waals surface area contributed by atoms with Gasteiger partial charge in [-0.25, -0.2) is 4.98 Å². The van der Waals surface area contributed by atoms with Crippen molar-refractivity contribution in [1.82, 2.24) is 9.55 Å². The van der Waals surface area contributed by atoms with Crippen LogP contribution in [0, 0.1) is 11.3 Å². The Hall–Kier alpha value is -1.83. The Morgan fingerprint density at radius 2 is 2.36 bits per heavy atom. The monoisotopic (exact) mass is 190 g/mol. The fourth-order valence-corrected chi connectivity index (χ4v) is 1.82. The van der Waals surface area contributed by atoms with Crippen molar-refractivity contribution in [3.63, 3.8) is 0 Å². The molecule has 2 rings (SSSR count). The minimum absolute atomic E-state index is 0.219. The summed E-state index contributed by atoms with van der Waals surface area (Å²) in [5.74, 6) is -0.342. The highest BCUT2D eigenvalue weighted by atomic mass is 16.1. The molecular formula is C9H10N4O. The number of carbonyl (C=O) groups is 1. The molecule has 0 fully saturated rings. The summed E-state index contributed by atoms with van der Waals surface area (Å²) in [6.45, 7) is 0.738. The first-order valence-electron chi connectivity index (χ1n) is 4.53. The molecule has 0 aromatic carbocycles. The quantitative estimate of drug-likeness (QED) is 0.685. The SMILES string of the molecule is N#Cc1nc(C(N)=O)n2c1CCCC2. The minimum Gasteiger partial charge on any atom is -0.363 e. The Morgan fingerprint density at radius 3 is 3.00 bits per heavy atom. The number of amides is 1. The van der Waals surface area contributed by atoms with E-state index in [0.717, 1.165) is 31.5 Å². The Bertz CT molecular complexity index is 427. The molecule has 2 N–H and O–H groups in total. The molecule has 5 nitrogen and oxygen atoms in total. The molecule has 0 radical (unpaired) electrons. The van der Waals surface area contributed by atoms with Gasteiger partial charge in [-0.3, -0.25) is 4.79 Å². The van der Waals surface area contributed by atoms with E-state index in [4.69, 9.17) is 11.0 Å². The molecule has 1 aliphatic heterocycles. The van der Waals surface area contributed by atoms with Gasteiger partial charge in [-0.15, -0.1) is 0 Å². The number of hydrogen-bond acceptors (Lipinski definition) is 3. The molecule has 14 heavy (non-hydrogen) atoms. The molecular weight excluding hydrogens is 180 g/mol. The Labute approximate surface area is 81.1 Å². The van der Waals surface area contributed by atoms with Crippen LogP contribution in [0.1, 0.15) is 34.8 Å². The van der Waals surface area contributed by atoms with E-state index in [9.17, 15) is 4.79 Å². The van der Waals surface area contributed by atoms with E-state index in [2.05, 4.69) is 4.98 Å². The number of imidazole rings is 1. The molecule has 0 aliphatic carbocycles. The molecule has 0 bridgehead atoms. The van der Waals surface area contributed by atoms with Crippen LogP contribution in [0.25, 0.3) is 0 Å². The number of nitrogens with zero attached hydrogens (tertiary/aromatic N) is 3. The van der Waals surface area contributed by atoms with E-state index in [1.807, 2.05) is 6.07 Å². The van der Waals surface area contributed by atoms with Gasteiger partial charge >= 0.3 is 0 Å². The second-order valence-corrected chi connectivity index (χ2v) is 3.32. The van der Waals surface area contributed by atoms with Crippen LogP contribution in [0.2, 0.25) is 0 Å². The fraction of sp³-hybridized carbons (Fsp3) is 0.444. The first-order valence-corrected chi connectivity index (χ1v) is 4.53. The van der Waals surface area contributed by atoms with Crippen LogP contribution >= 0.6 is 0 Å². The summed E-state index contributed by atoms with van der Waals surface area (Å²) < 4.78 is 1.77.